The standard InChI is InChI=1S/C22H27N5O3S/c1-17-10-11-21(18(2)13-17)31(29,30)25-14-20(19-7-4-3-5-8-19)26-22(28)9-6-12-27-16-23-15-24-27/h3-5,7-8,10-11,13,15-16,20,25H,6,9,12,14H2,1-2H3,(H,26,28). The molecule has 0 spiro atoms. The molecule has 0 saturated heterocycles. The van der Waals surface area contributed by atoms with Gasteiger partial charge in [0.05, 0.1) is 10.9 Å². The van der Waals surface area contributed by atoms with Crippen molar-refractivity contribution in [1.82, 2.24) is 24.8 Å². The fraction of sp³-hybridized carbons (Fsp3) is 0.318. The van der Waals surface area contributed by atoms with Crippen molar-refractivity contribution in [3.63, 3.8) is 0 Å². The third-order valence-electron chi connectivity index (χ3n) is 4.89. The first-order valence-electron chi connectivity index (χ1n) is 10.1. The maximum Gasteiger partial charge on any atom is 0.240 e. The van der Waals surface area contributed by atoms with E-state index < -0.39 is 16.1 Å². The molecule has 9 heteroatoms. The van der Waals surface area contributed by atoms with Crippen LogP contribution in [0.3, 0.4) is 0 Å². The predicted molar refractivity (Wildman–Crippen MR) is 118 cm³/mol. The van der Waals surface area contributed by atoms with Crippen molar-refractivity contribution in [2.24, 2.45) is 0 Å². The zero-order valence-corrected chi connectivity index (χ0v) is 18.5. The number of sulfonamides is 1. The van der Waals surface area contributed by atoms with E-state index in [1.165, 1.54) is 6.33 Å². The Morgan fingerprint density at radius 3 is 2.58 bits per heavy atom. The average Bonchev–Trinajstić information content (AvgIpc) is 3.25. The highest BCUT2D eigenvalue weighted by atomic mass is 32.2. The highest BCUT2D eigenvalue weighted by Gasteiger charge is 2.21. The number of carbonyl (C=O) groups excluding carboxylic acids is 1. The van der Waals surface area contributed by atoms with Crippen LogP contribution in [0.25, 0.3) is 0 Å². The molecule has 1 amide bonds. The van der Waals surface area contributed by atoms with E-state index in [1.54, 1.807) is 30.1 Å². The van der Waals surface area contributed by atoms with Crippen LogP contribution in [-0.2, 0) is 21.4 Å². The van der Waals surface area contributed by atoms with Crippen molar-refractivity contribution < 1.29 is 13.2 Å². The van der Waals surface area contributed by atoms with Crippen LogP contribution in [0.2, 0.25) is 0 Å². The maximum absolute atomic E-state index is 12.8. The highest BCUT2D eigenvalue weighted by Crippen LogP contribution is 2.18. The highest BCUT2D eigenvalue weighted by molar-refractivity contribution is 7.89. The topological polar surface area (TPSA) is 106 Å². The molecule has 2 aromatic carbocycles. The smallest absolute Gasteiger partial charge is 0.240 e. The second-order valence-corrected chi connectivity index (χ2v) is 9.15. The largest absolute Gasteiger partial charge is 0.348 e. The minimum atomic E-state index is -3.71. The molecule has 0 aliphatic heterocycles. The van der Waals surface area contributed by atoms with Crippen molar-refractivity contribution in [1.29, 1.82) is 0 Å². The van der Waals surface area contributed by atoms with Crippen LogP contribution in [0.5, 0.6) is 0 Å². The number of nitrogens with zero attached hydrogens (tertiary/aromatic N) is 3. The van der Waals surface area contributed by atoms with Gasteiger partial charge in [0, 0.05) is 19.5 Å². The number of rotatable bonds is 10. The normalized spacial score (nSPS) is 12.5. The summed E-state index contributed by atoms with van der Waals surface area (Å²) in [6, 6.07) is 14.1. The average molecular weight is 442 g/mol. The summed E-state index contributed by atoms with van der Waals surface area (Å²) < 4.78 is 30.0. The summed E-state index contributed by atoms with van der Waals surface area (Å²) in [6.45, 7) is 4.32. The second-order valence-electron chi connectivity index (χ2n) is 7.41. The van der Waals surface area contributed by atoms with Crippen LogP contribution in [0.15, 0.2) is 66.1 Å². The number of nitrogens with one attached hydrogen (secondary N) is 2. The fourth-order valence-electron chi connectivity index (χ4n) is 3.33. The lowest BCUT2D eigenvalue weighted by molar-refractivity contribution is -0.122. The number of aryl methyl sites for hydroxylation is 3. The number of aromatic nitrogens is 3. The lowest BCUT2D eigenvalue weighted by atomic mass is 10.1. The summed E-state index contributed by atoms with van der Waals surface area (Å²) in [5.41, 5.74) is 2.51. The van der Waals surface area contributed by atoms with Crippen LogP contribution < -0.4 is 10.0 Å². The van der Waals surface area contributed by atoms with Gasteiger partial charge in [-0.2, -0.15) is 5.10 Å². The van der Waals surface area contributed by atoms with Gasteiger partial charge in [-0.1, -0.05) is 48.0 Å². The van der Waals surface area contributed by atoms with Crippen LogP contribution in [0.4, 0.5) is 0 Å². The molecule has 0 aliphatic rings. The summed E-state index contributed by atoms with van der Waals surface area (Å²) in [6.07, 6.45) is 3.96. The maximum atomic E-state index is 12.8. The quantitative estimate of drug-likeness (QED) is 0.503. The van der Waals surface area contributed by atoms with Gasteiger partial charge >= 0.3 is 0 Å². The molecular formula is C22H27N5O3S. The molecule has 1 heterocycles. The molecule has 164 valence electrons. The minimum absolute atomic E-state index is 0.0501. The van der Waals surface area contributed by atoms with Gasteiger partial charge in [0.2, 0.25) is 15.9 Å². The van der Waals surface area contributed by atoms with Crippen molar-refractivity contribution in [2.45, 2.75) is 44.2 Å². The van der Waals surface area contributed by atoms with Gasteiger partial charge in [-0.05, 0) is 37.5 Å². The van der Waals surface area contributed by atoms with Crippen LogP contribution in [0, 0.1) is 13.8 Å². The van der Waals surface area contributed by atoms with E-state index in [0.717, 1.165) is 11.1 Å². The van der Waals surface area contributed by atoms with Crippen molar-refractivity contribution in [2.75, 3.05) is 6.54 Å². The van der Waals surface area contributed by atoms with Gasteiger partial charge in [-0.15, -0.1) is 0 Å². The van der Waals surface area contributed by atoms with Gasteiger partial charge in [0.25, 0.3) is 0 Å². The third kappa shape index (κ3) is 6.47. The summed E-state index contributed by atoms with van der Waals surface area (Å²) in [5, 5.41) is 6.97. The lowest BCUT2D eigenvalue weighted by Crippen LogP contribution is -2.38. The number of carbonyl (C=O) groups is 1. The van der Waals surface area contributed by atoms with E-state index in [2.05, 4.69) is 20.1 Å². The summed E-state index contributed by atoms with van der Waals surface area (Å²) >= 11 is 0. The number of amides is 1. The Morgan fingerprint density at radius 1 is 1.13 bits per heavy atom. The Balaban J connectivity index is 1.65. The molecule has 0 aliphatic carbocycles. The molecule has 0 saturated carbocycles. The predicted octanol–water partition coefficient (Wildman–Crippen LogP) is 2.51. The first-order valence-corrected chi connectivity index (χ1v) is 11.6. The summed E-state index contributed by atoms with van der Waals surface area (Å²) in [4.78, 5) is 16.6. The molecule has 0 fully saturated rings. The first kappa shape index (κ1) is 22.6. The van der Waals surface area contributed by atoms with E-state index in [9.17, 15) is 13.2 Å². The lowest BCUT2D eigenvalue weighted by Gasteiger charge is -2.20. The summed E-state index contributed by atoms with van der Waals surface area (Å²) in [5.74, 6) is -0.153. The molecule has 3 aromatic rings. The molecule has 0 radical (unpaired) electrons. The van der Waals surface area contributed by atoms with Crippen molar-refractivity contribution in [3.05, 3.63) is 77.9 Å². The van der Waals surface area contributed by atoms with E-state index in [4.69, 9.17) is 0 Å². The Labute approximate surface area is 182 Å². The van der Waals surface area contributed by atoms with Crippen molar-refractivity contribution in [3.8, 4) is 0 Å². The summed E-state index contributed by atoms with van der Waals surface area (Å²) in [7, 11) is -3.71. The fourth-order valence-corrected chi connectivity index (χ4v) is 4.60. The zero-order valence-electron chi connectivity index (χ0n) is 17.7. The Morgan fingerprint density at radius 2 is 1.90 bits per heavy atom. The van der Waals surface area contributed by atoms with E-state index >= 15 is 0 Å². The van der Waals surface area contributed by atoms with Crippen LogP contribution in [0.1, 0.15) is 35.6 Å². The third-order valence-corrected chi connectivity index (χ3v) is 6.48. The second kappa shape index (κ2) is 10.3. The van der Waals surface area contributed by atoms with E-state index in [-0.39, 0.29) is 17.3 Å². The zero-order chi connectivity index (χ0) is 22.3. The first-order chi connectivity index (χ1) is 14.8. The molecule has 2 N–H and O–H groups in total. The van der Waals surface area contributed by atoms with Gasteiger partial charge in [-0.3, -0.25) is 9.48 Å². The van der Waals surface area contributed by atoms with Gasteiger partial charge < -0.3 is 5.32 Å². The monoisotopic (exact) mass is 441 g/mol. The van der Waals surface area contributed by atoms with Crippen molar-refractivity contribution >= 4 is 15.9 Å². The molecule has 0 bridgehead atoms. The minimum Gasteiger partial charge on any atom is -0.348 e. The van der Waals surface area contributed by atoms with Gasteiger partial charge in [0.1, 0.15) is 12.7 Å². The Bertz CT molecular complexity index is 1100. The number of benzene rings is 2. The van der Waals surface area contributed by atoms with Gasteiger partial charge in [-0.25, -0.2) is 18.1 Å². The molecule has 31 heavy (non-hydrogen) atoms. The molecular weight excluding hydrogens is 414 g/mol. The number of hydrogen-bond acceptors (Lipinski definition) is 5. The van der Waals surface area contributed by atoms with Crippen LogP contribution >= 0.6 is 0 Å². The molecule has 8 nitrogen and oxygen atoms in total. The molecule has 1 atom stereocenters. The number of hydrogen-bond donors (Lipinski definition) is 2. The molecule has 3 rings (SSSR count). The molecule has 1 unspecified atom stereocenters. The Hall–Kier alpha value is -3.04. The van der Waals surface area contributed by atoms with Crippen LogP contribution in [-0.4, -0.2) is 35.6 Å². The van der Waals surface area contributed by atoms with Gasteiger partial charge in [0.15, 0.2) is 0 Å². The SMILES string of the molecule is Cc1ccc(S(=O)(=O)NCC(NC(=O)CCCn2cncn2)c2ccccc2)c(C)c1. The molecule has 1 aromatic heterocycles. The van der Waals surface area contributed by atoms with E-state index in [0.29, 0.717) is 24.9 Å². The van der Waals surface area contributed by atoms with E-state index in [1.807, 2.05) is 43.3 Å². The Kier molecular flexibility index (Phi) is 7.54.